The van der Waals surface area contributed by atoms with Gasteiger partial charge in [0.05, 0.1) is 10.6 Å². The molecule has 0 aliphatic carbocycles. The molecule has 110 valence electrons. The molecule has 3 nitrogen and oxygen atoms in total. The fourth-order valence-corrected chi connectivity index (χ4v) is 3.55. The van der Waals surface area contributed by atoms with Crippen LogP contribution in [0.15, 0.2) is 12.1 Å². The van der Waals surface area contributed by atoms with Gasteiger partial charge in [0.15, 0.2) is 0 Å². The second-order valence-electron chi connectivity index (χ2n) is 6.27. The molecular formula is C16H22ClNO2. The molecule has 1 heterocycles. The van der Waals surface area contributed by atoms with E-state index in [1.54, 1.807) is 6.07 Å². The lowest BCUT2D eigenvalue weighted by Crippen LogP contribution is -2.48. The van der Waals surface area contributed by atoms with Crippen molar-refractivity contribution < 1.29 is 9.90 Å². The van der Waals surface area contributed by atoms with Crippen molar-refractivity contribution in [2.45, 2.75) is 52.0 Å². The van der Waals surface area contributed by atoms with Crippen molar-refractivity contribution in [1.82, 2.24) is 0 Å². The van der Waals surface area contributed by atoms with Crippen molar-refractivity contribution in [1.29, 1.82) is 0 Å². The summed E-state index contributed by atoms with van der Waals surface area (Å²) >= 11 is 6.15. The molecule has 0 spiro atoms. The number of fused-ring (bicyclic) bond motifs is 1. The molecule has 1 aliphatic rings. The van der Waals surface area contributed by atoms with E-state index in [4.69, 9.17) is 11.6 Å². The molecule has 2 rings (SSSR count). The molecule has 1 N–H and O–H groups in total. The molecule has 0 amide bonds. The van der Waals surface area contributed by atoms with Crippen LogP contribution in [-0.2, 0) is 0 Å². The van der Waals surface area contributed by atoms with Crippen molar-refractivity contribution in [3.05, 3.63) is 28.3 Å². The Morgan fingerprint density at radius 1 is 1.50 bits per heavy atom. The van der Waals surface area contributed by atoms with Crippen LogP contribution < -0.4 is 4.90 Å². The molecule has 0 unspecified atom stereocenters. The highest BCUT2D eigenvalue weighted by Crippen LogP contribution is 2.45. The number of nitrogens with zero attached hydrogens (tertiary/aromatic N) is 1. The Morgan fingerprint density at radius 2 is 2.15 bits per heavy atom. The summed E-state index contributed by atoms with van der Waals surface area (Å²) < 4.78 is 0. The first-order chi connectivity index (χ1) is 9.27. The van der Waals surface area contributed by atoms with Crippen LogP contribution in [0.2, 0.25) is 5.02 Å². The molecule has 0 aromatic heterocycles. The van der Waals surface area contributed by atoms with Crippen LogP contribution in [0, 0.1) is 0 Å². The Kier molecular flexibility index (Phi) is 4.01. The van der Waals surface area contributed by atoms with Crippen molar-refractivity contribution in [2.24, 2.45) is 0 Å². The first-order valence-corrected chi connectivity index (χ1v) is 7.50. The molecule has 4 heteroatoms. The maximum absolute atomic E-state index is 11.3. The molecule has 1 aromatic rings. The molecule has 0 saturated carbocycles. The molecule has 0 fully saturated rings. The van der Waals surface area contributed by atoms with E-state index in [2.05, 4.69) is 32.6 Å². The summed E-state index contributed by atoms with van der Waals surface area (Å²) in [4.78, 5) is 13.6. The monoisotopic (exact) mass is 295 g/mol. The number of carboxylic acids is 1. The second-order valence-corrected chi connectivity index (χ2v) is 6.67. The number of halogens is 1. The van der Waals surface area contributed by atoms with Gasteiger partial charge in [-0.1, -0.05) is 25.4 Å². The van der Waals surface area contributed by atoms with Crippen molar-refractivity contribution in [3.8, 4) is 0 Å². The number of aromatic carboxylic acids is 1. The van der Waals surface area contributed by atoms with E-state index in [-0.39, 0.29) is 11.1 Å². The van der Waals surface area contributed by atoms with Crippen molar-refractivity contribution >= 4 is 23.3 Å². The third kappa shape index (κ3) is 2.51. The minimum Gasteiger partial charge on any atom is -0.478 e. The predicted octanol–water partition coefficient (Wildman–Crippen LogP) is 4.54. The SMILES string of the molecule is CCCN1c2cc(Cl)c(C(=O)O)cc2[C@H](C)CC1(C)C. The maximum atomic E-state index is 11.3. The topological polar surface area (TPSA) is 40.5 Å². The van der Waals surface area contributed by atoms with Crippen LogP contribution in [0.3, 0.4) is 0 Å². The first kappa shape index (κ1) is 15.2. The summed E-state index contributed by atoms with van der Waals surface area (Å²) in [6, 6.07) is 3.58. The van der Waals surface area contributed by atoms with Gasteiger partial charge < -0.3 is 10.0 Å². The van der Waals surface area contributed by atoms with Crippen LogP contribution in [0.5, 0.6) is 0 Å². The van der Waals surface area contributed by atoms with Gasteiger partial charge in [-0.2, -0.15) is 0 Å². The summed E-state index contributed by atoms with van der Waals surface area (Å²) in [7, 11) is 0. The van der Waals surface area contributed by atoms with E-state index in [0.717, 1.165) is 30.6 Å². The highest BCUT2D eigenvalue weighted by Gasteiger charge is 2.36. The smallest absolute Gasteiger partial charge is 0.337 e. The molecule has 1 atom stereocenters. The van der Waals surface area contributed by atoms with Gasteiger partial charge >= 0.3 is 5.97 Å². The van der Waals surface area contributed by atoms with E-state index in [0.29, 0.717) is 10.9 Å². The quantitative estimate of drug-likeness (QED) is 0.890. The number of hydrogen-bond donors (Lipinski definition) is 1. The fraction of sp³-hybridized carbons (Fsp3) is 0.562. The molecular weight excluding hydrogens is 274 g/mol. The van der Waals surface area contributed by atoms with E-state index < -0.39 is 5.97 Å². The van der Waals surface area contributed by atoms with Crippen LogP contribution in [0.1, 0.15) is 62.4 Å². The summed E-state index contributed by atoms with van der Waals surface area (Å²) in [5.41, 5.74) is 2.45. The number of carbonyl (C=O) groups is 1. The van der Waals surface area contributed by atoms with Crippen LogP contribution >= 0.6 is 11.6 Å². The zero-order chi connectivity index (χ0) is 15.1. The molecule has 20 heavy (non-hydrogen) atoms. The Morgan fingerprint density at radius 3 is 2.70 bits per heavy atom. The Balaban J connectivity index is 2.60. The van der Waals surface area contributed by atoms with Gasteiger partial charge in [0.2, 0.25) is 0 Å². The molecule has 0 radical (unpaired) electrons. The highest BCUT2D eigenvalue weighted by atomic mass is 35.5. The van der Waals surface area contributed by atoms with Gasteiger partial charge in [0, 0.05) is 17.8 Å². The minimum atomic E-state index is -0.961. The number of anilines is 1. The molecule has 0 saturated heterocycles. The van der Waals surface area contributed by atoms with Crippen LogP contribution in [0.4, 0.5) is 5.69 Å². The van der Waals surface area contributed by atoms with Gasteiger partial charge in [-0.25, -0.2) is 4.79 Å². The molecule has 1 aromatic carbocycles. The van der Waals surface area contributed by atoms with E-state index in [1.165, 1.54) is 0 Å². The van der Waals surface area contributed by atoms with E-state index in [1.807, 2.05) is 6.07 Å². The summed E-state index contributed by atoms with van der Waals surface area (Å²) in [5.74, 6) is -0.625. The third-order valence-corrected chi connectivity index (χ3v) is 4.46. The zero-order valence-corrected chi connectivity index (χ0v) is 13.3. The van der Waals surface area contributed by atoms with Crippen LogP contribution in [0.25, 0.3) is 0 Å². The highest BCUT2D eigenvalue weighted by molar-refractivity contribution is 6.33. The van der Waals surface area contributed by atoms with Gasteiger partial charge in [-0.3, -0.25) is 0 Å². The summed E-state index contributed by atoms with van der Waals surface area (Å²) in [5, 5.41) is 9.55. The number of rotatable bonds is 3. The zero-order valence-electron chi connectivity index (χ0n) is 12.5. The van der Waals surface area contributed by atoms with E-state index in [9.17, 15) is 9.90 Å². The maximum Gasteiger partial charge on any atom is 0.337 e. The number of benzene rings is 1. The normalized spacial score (nSPS) is 20.6. The second kappa shape index (κ2) is 5.28. The Hall–Kier alpha value is -1.22. The minimum absolute atomic E-state index is 0.0660. The van der Waals surface area contributed by atoms with Gasteiger partial charge in [0.1, 0.15) is 0 Å². The fourth-order valence-electron chi connectivity index (χ4n) is 3.31. The average molecular weight is 296 g/mol. The lowest BCUT2D eigenvalue weighted by Gasteiger charge is -2.47. The van der Waals surface area contributed by atoms with Crippen molar-refractivity contribution in [3.63, 3.8) is 0 Å². The predicted molar refractivity (Wildman–Crippen MR) is 83.2 cm³/mol. The summed E-state index contributed by atoms with van der Waals surface area (Å²) in [6.45, 7) is 9.74. The van der Waals surface area contributed by atoms with E-state index >= 15 is 0 Å². The van der Waals surface area contributed by atoms with Gasteiger partial charge in [-0.05, 0) is 50.3 Å². The standard InChI is InChI=1S/C16H22ClNO2/c1-5-6-18-14-8-13(17)12(15(19)20)7-11(14)10(2)9-16(18,3)4/h7-8,10H,5-6,9H2,1-4H3,(H,19,20)/t10-/m1/s1. The molecule has 0 bridgehead atoms. The lowest BCUT2D eigenvalue weighted by molar-refractivity contribution is 0.0697. The number of carboxylic acid groups (broad SMARTS) is 1. The summed E-state index contributed by atoms with van der Waals surface area (Å²) in [6.07, 6.45) is 2.07. The average Bonchev–Trinajstić information content (AvgIpc) is 2.32. The van der Waals surface area contributed by atoms with Gasteiger partial charge in [-0.15, -0.1) is 0 Å². The Bertz CT molecular complexity index is 540. The lowest BCUT2D eigenvalue weighted by atomic mass is 9.79. The third-order valence-electron chi connectivity index (χ3n) is 4.15. The Labute approximate surface area is 125 Å². The van der Waals surface area contributed by atoms with Crippen molar-refractivity contribution in [2.75, 3.05) is 11.4 Å². The molecule has 1 aliphatic heterocycles. The number of hydrogen-bond acceptors (Lipinski definition) is 2. The van der Waals surface area contributed by atoms with Crippen LogP contribution in [-0.4, -0.2) is 23.2 Å². The largest absolute Gasteiger partial charge is 0.478 e. The first-order valence-electron chi connectivity index (χ1n) is 7.12. The van der Waals surface area contributed by atoms with Gasteiger partial charge in [0.25, 0.3) is 0 Å².